The summed E-state index contributed by atoms with van der Waals surface area (Å²) < 4.78 is 0. The Labute approximate surface area is 98.2 Å². The molecule has 0 atom stereocenters. The molecule has 0 saturated carbocycles. The smallest absolute Gasteiger partial charge is 0.351 e. The number of rotatable bonds is 6. The Balaban J connectivity index is 4.80. The van der Waals surface area contributed by atoms with E-state index in [-0.39, 0.29) is 11.1 Å². The molecule has 0 aromatic carbocycles. The first kappa shape index (κ1) is 14.8. The number of carbonyl (C=O) groups is 1. The van der Waals surface area contributed by atoms with E-state index in [1.54, 1.807) is 0 Å². The minimum atomic E-state index is -1.01. The fraction of sp³-hybridized carbons (Fsp3) is 0.615. The Morgan fingerprint density at radius 1 is 1.50 bits per heavy atom. The van der Waals surface area contributed by atoms with Crippen molar-refractivity contribution in [3.8, 4) is 0 Å². The highest BCUT2D eigenvalue weighted by Crippen LogP contribution is 2.29. The van der Waals surface area contributed by atoms with E-state index in [1.165, 1.54) is 0 Å². The van der Waals surface area contributed by atoms with Crippen LogP contribution < -0.4 is 5.32 Å². The molecule has 0 bridgehead atoms. The molecule has 0 radical (unpaired) electrons. The lowest BCUT2D eigenvalue weighted by atomic mass is 9.80. The van der Waals surface area contributed by atoms with E-state index in [2.05, 4.69) is 45.7 Å². The van der Waals surface area contributed by atoms with Gasteiger partial charge in [0, 0.05) is 5.70 Å². The predicted octanol–water partition coefficient (Wildman–Crippen LogP) is 3.15. The molecule has 0 heterocycles. The highest BCUT2D eigenvalue weighted by Gasteiger charge is 2.20. The summed E-state index contributed by atoms with van der Waals surface area (Å²) in [6, 6.07) is 0. The molecule has 3 nitrogen and oxygen atoms in total. The number of carboxylic acid groups (broad SMARTS) is 1. The third-order valence-corrected chi connectivity index (χ3v) is 2.98. The topological polar surface area (TPSA) is 49.3 Å². The van der Waals surface area contributed by atoms with Crippen molar-refractivity contribution in [1.29, 1.82) is 0 Å². The predicted molar refractivity (Wildman–Crippen MR) is 66.9 cm³/mol. The normalized spacial score (nSPS) is 12.8. The van der Waals surface area contributed by atoms with E-state index < -0.39 is 5.97 Å². The fourth-order valence-corrected chi connectivity index (χ4v) is 1.09. The minimum Gasteiger partial charge on any atom is -0.477 e. The minimum absolute atomic E-state index is 0.0210. The van der Waals surface area contributed by atoms with E-state index in [0.717, 1.165) is 12.1 Å². The average Bonchev–Trinajstić information content (AvgIpc) is 2.15. The van der Waals surface area contributed by atoms with Crippen LogP contribution in [0, 0.1) is 11.3 Å². The third kappa shape index (κ3) is 4.51. The van der Waals surface area contributed by atoms with Gasteiger partial charge in [0.25, 0.3) is 0 Å². The number of allylic oxidation sites excluding steroid dienone is 2. The molecular formula is C13H23NO2. The molecular weight excluding hydrogens is 202 g/mol. The Kier molecular flexibility index (Phi) is 5.28. The molecule has 0 aliphatic heterocycles. The largest absolute Gasteiger partial charge is 0.477 e. The van der Waals surface area contributed by atoms with Crippen molar-refractivity contribution in [3.63, 3.8) is 0 Å². The molecule has 0 rings (SSSR count). The summed E-state index contributed by atoms with van der Waals surface area (Å²) >= 11 is 0. The first-order valence-corrected chi connectivity index (χ1v) is 5.61. The zero-order chi connectivity index (χ0) is 12.9. The van der Waals surface area contributed by atoms with Gasteiger partial charge in [-0.05, 0) is 17.8 Å². The number of aliphatic carboxylic acids is 1. The summed E-state index contributed by atoms with van der Waals surface area (Å²) in [7, 11) is 0. The lowest BCUT2D eigenvalue weighted by molar-refractivity contribution is -0.132. The summed E-state index contributed by atoms with van der Waals surface area (Å²) in [6.45, 7) is 14.0. The summed E-state index contributed by atoms with van der Waals surface area (Å²) in [6.07, 6.45) is 2.86. The number of hydrogen-bond acceptors (Lipinski definition) is 2. The number of carboxylic acids is 1. The van der Waals surface area contributed by atoms with Crippen LogP contribution in [0.1, 0.15) is 41.0 Å². The molecule has 0 saturated heterocycles. The van der Waals surface area contributed by atoms with Crippen molar-refractivity contribution in [1.82, 2.24) is 5.32 Å². The van der Waals surface area contributed by atoms with E-state index >= 15 is 0 Å². The van der Waals surface area contributed by atoms with Crippen molar-refractivity contribution < 1.29 is 9.90 Å². The van der Waals surface area contributed by atoms with Crippen molar-refractivity contribution in [2.45, 2.75) is 41.0 Å². The molecule has 0 aromatic rings. The van der Waals surface area contributed by atoms with Crippen molar-refractivity contribution in [2.75, 3.05) is 0 Å². The summed E-state index contributed by atoms with van der Waals surface area (Å²) in [4.78, 5) is 10.7. The van der Waals surface area contributed by atoms with Crippen LogP contribution in [-0.4, -0.2) is 11.1 Å². The van der Waals surface area contributed by atoms with Crippen molar-refractivity contribution in [3.05, 3.63) is 24.0 Å². The lowest BCUT2D eigenvalue weighted by Gasteiger charge is -2.27. The fourth-order valence-electron chi connectivity index (χ4n) is 1.09. The van der Waals surface area contributed by atoms with Gasteiger partial charge in [0.1, 0.15) is 5.70 Å². The first-order valence-electron chi connectivity index (χ1n) is 5.61. The standard InChI is InChI=1S/C13H23NO2/c1-7-11(14-10(4)12(15)16)8-13(5,6)9(2)3/h8-9,14H,4,7H2,1-3,5-6H3,(H,15,16)/b11-8+. The van der Waals surface area contributed by atoms with E-state index in [1.807, 2.05) is 6.92 Å². The molecule has 0 aliphatic rings. The van der Waals surface area contributed by atoms with E-state index in [4.69, 9.17) is 5.11 Å². The van der Waals surface area contributed by atoms with E-state index in [0.29, 0.717) is 5.92 Å². The number of hydrogen-bond donors (Lipinski definition) is 2. The lowest BCUT2D eigenvalue weighted by Crippen LogP contribution is -2.23. The van der Waals surface area contributed by atoms with Crippen molar-refractivity contribution in [2.24, 2.45) is 11.3 Å². The quantitative estimate of drug-likeness (QED) is 0.683. The van der Waals surface area contributed by atoms with Gasteiger partial charge in [0.2, 0.25) is 0 Å². The number of nitrogens with one attached hydrogen (secondary N) is 1. The Hall–Kier alpha value is -1.25. The van der Waals surface area contributed by atoms with Crippen LogP contribution >= 0.6 is 0 Å². The van der Waals surface area contributed by atoms with Crippen LogP contribution in [0.5, 0.6) is 0 Å². The zero-order valence-corrected chi connectivity index (χ0v) is 10.9. The Morgan fingerprint density at radius 3 is 2.31 bits per heavy atom. The van der Waals surface area contributed by atoms with E-state index in [9.17, 15) is 4.79 Å². The molecule has 0 spiro atoms. The van der Waals surface area contributed by atoms with Crippen LogP contribution in [0.2, 0.25) is 0 Å². The molecule has 16 heavy (non-hydrogen) atoms. The van der Waals surface area contributed by atoms with Gasteiger partial charge in [-0.15, -0.1) is 0 Å². The maximum atomic E-state index is 10.7. The van der Waals surface area contributed by atoms with Gasteiger partial charge < -0.3 is 10.4 Å². The summed E-state index contributed by atoms with van der Waals surface area (Å²) in [5.74, 6) is -0.518. The second-order valence-electron chi connectivity index (χ2n) is 4.91. The van der Waals surface area contributed by atoms with Gasteiger partial charge in [0.05, 0.1) is 0 Å². The SMILES string of the molecule is C=C(N/C(=C/C(C)(C)C(C)C)CC)C(=O)O. The second kappa shape index (κ2) is 5.73. The molecule has 2 N–H and O–H groups in total. The molecule has 0 fully saturated rings. The van der Waals surface area contributed by atoms with Gasteiger partial charge in [-0.3, -0.25) is 0 Å². The Bertz CT molecular complexity index is 301. The monoisotopic (exact) mass is 225 g/mol. The highest BCUT2D eigenvalue weighted by atomic mass is 16.4. The van der Waals surface area contributed by atoms with Gasteiger partial charge in [-0.25, -0.2) is 4.79 Å². The van der Waals surface area contributed by atoms with Crippen LogP contribution in [0.25, 0.3) is 0 Å². The maximum absolute atomic E-state index is 10.7. The van der Waals surface area contributed by atoms with Gasteiger partial charge >= 0.3 is 5.97 Å². The highest BCUT2D eigenvalue weighted by molar-refractivity contribution is 5.85. The maximum Gasteiger partial charge on any atom is 0.351 e. The van der Waals surface area contributed by atoms with Gasteiger partial charge in [0.15, 0.2) is 0 Å². The molecule has 0 aliphatic carbocycles. The Morgan fingerprint density at radius 2 is 2.00 bits per heavy atom. The second-order valence-corrected chi connectivity index (χ2v) is 4.91. The molecule has 0 aromatic heterocycles. The molecule has 3 heteroatoms. The van der Waals surface area contributed by atoms with Gasteiger partial charge in [-0.2, -0.15) is 0 Å². The summed E-state index contributed by atoms with van der Waals surface area (Å²) in [5.41, 5.74) is 0.968. The molecule has 0 amide bonds. The third-order valence-electron chi connectivity index (χ3n) is 2.98. The van der Waals surface area contributed by atoms with Crippen molar-refractivity contribution >= 4 is 5.97 Å². The van der Waals surface area contributed by atoms with Crippen LogP contribution in [0.3, 0.4) is 0 Å². The van der Waals surface area contributed by atoms with Crippen LogP contribution in [0.4, 0.5) is 0 Å². The molecule has 0 unspecified atom stereocenters. The van der Waals surface area contributed by atoms with Crippen LogP contribution in [0.15, 0.2) is 24.0 Å². The zero-order valence-electron chi connectivity index (χ0n) is 10.9. The molecule has 92 valence electrons. The first-order chi connectivity index (χ1) is 7.20. The van der Waals surface area contributed by atoms with Crippen LogP contribution in [-0.2, 0) is 4.79 Å². The summed E-state index contributed by atoms with van der Waals surface area (Å²) in [5, 5.41) is 11.6. The van der Waals surface area contributed by atoms with Gasteiger partial charge in [-0.1, -0.05) is 47.3 Å². The average molecular weight is 225 g/mol.